The van der Waals surface area contributed by atoms with Crippen molar-refractivity contribution >= 4 is 5.91 Å². The minimum atomic E-state index is -0.399. The molecular weight excluding hydrogens is 282 g/mol. The molecule has 6 heteroatoms. The van der Waals surface area contributed by atoms with E-state index in [4.69, 9.17) is 4.74 Å². The van der Waals surface area contributed by atoms with E-state index in [1.54, 1.807) is 6.20 Å². The number of aliphatic hydroxyl groups excluding tert-OH is 1. The van der Waals surface area contributed by atoms with Crippen molar-refractivity contribution in [2.24, 2.45) is 0 Å². The number of likely N-dealkylation sites (tertiary alicyclic amines) is 1. The standard InChI is InChI=1S/C16H25N3O3/c20-14-4-2-13-22-16(14)6-11-18(12-7-16)15(21)5-1-9-19-10-3-8-17-19/h3,8,10,14,20H,1-2,4-7,9,11-13H2/t14-/m1/s1. The number of ether oxygens (including phenoxy) is 1. The number of aryl methyl sites for hydroxylation is 1. The Bertz CT molecular complexity index is 481. The maximum Gasteiger partial charge on any atom is 0.222 e. The van der Waals surface area contributed by atoms with Crippen LogP contribution in [0.2, 0.25) is 0 Å². The van der Waals surface area contributed by atoms with E-state index >= 15 is 0 Å². The van der Waals surface area contributed by atoms with Gasteiger partial charge in [-0.05, 0) is 38.2 Å². The third-order valence-electron chi connectivity index (χ3n) is 4.92. The molecule has 0 unspecified atom stereocenters. The van der Waals surface area contributed by atoms with Gasteiger partial charge in [-0.3, -0.25) is 9.48 Å². The largest absolute Gasteiger partial charge is 0.390 e. The molecule has 1 spiro atoms. The number of aromatic nitrogens is 2. The number of piperidine rings is 1. The van der Waals surface area contributed by atoms with E-state index in [0.717, 1.165) is 45.3 Å². The molecule has 3 rings (SSSR count). The highest BCUT2D eigenvalue weighted by Gasteiger charge is 2.44. The molecule has 2 fully saturated rings. The first-order valence-electron chi connectivity index (χ1n) is 8.27. The monoisotopic (exact) mass is 307 g/mol. The maximum atomic E-state index is 12.3. The average molecular weight is 307 g/mol. The zero-order valence-electron chi connectivity index (χ0n) is 13.0. The molecule has 1 aromatic heterocycles. The summed E-state index contributed by atoms with van der Waals surface area (Å²) in [5.74, 6) is 0.201. The molecule has 0 bridgehead atoms. The predicted octanol–water partition coefficient (Wildman–Crippen LogP) is 1.20. The second-order valence-electron chi connectivity index (χ2n) is 6.32. The highest BCUT2D eigenvalue weighted by molar-refractivity contribution is 5.76. The molecule has 0 radical (unpaired) electrons. The lowest BCUT2D eigenvalue weighted by Crippen LogP contribution is -2.56. The molecule has 1 N–H and O–H groups in total. The molecule has 0 aliphatic carbocycles. The first-order valence-corrected chi connectivity index (χ1v) is 8.27. The lowest BCUT2D eigenvalue weighted by molar-refractivity contribution is -0.179. The number of aliphatic hydroxyl groups is 1. The molecule has 2 saturated heterocycles. The van der Waals surface area contributed by atoms with Crippen LogP contribution in [0.3, 0.4) is 0 Å². The van der Waals surface area contributed by atoms with Crippen LogP contribution in [0, 0.1) is 0 Å². The van der Waals surface area contributed by atoms with E-state index in [1.807, 2.05) is 21.8 Å². The SMILES string of the molecule is O=C(CCCn1cccn1)N1CCC2(CC1)OCCC[C@H]2O. The Balaban J connectivity index is 1.43. The number of carbonyl (C=O) groups is 1. The van der Waals surface area contributed by atoms with Crippen molar-refractivity contribution in [1.82, 2.24) is 14.7 Å². The van der Waals surface area contributed by atoms with Gasteiger partial charge in [-0.1, -0.05) is 0 Å². The van der Waals surface area contributed by atoms with Crippen molar-refractivity contribution in [2.45, 2.75) is 56.8 Å². The number of carbonyl (C=O) groups excluding carboxylic acids is 1. The molecule has 2 aliphatic rings. The fourth-order valence-corrected chi connectivity index (χ4v) is 3.51. The van der Waals surface area contributed by atoms with Crippen molar-refractivity contribution in [3.05, 3.63) is 18.5 Å². The summed E-state index contributed by atoms with van der Waals surface area (Å²) in [6.45, 7) is 2.89. The molecule has 0 aromatic carbocycles. The minimum absolute atomic E-state index is 0.201. The quantitative estimate of drug-likeness (QED) is 0.907. The van der Waals surface area contributed by atoms with Crippen LogP contribution >= 0.6 is 0 Å². The Labute approximate surface area is 131 Å². The number of amides is 1. The fraction of sp³-hybridized carbons (Fsp3) is 0.750. The molecule has 1 aromatic rings. The molecule has 0 saturated carbocycles. The summed E-state index contributed by atoms with van der Waals surface area (Å²) in [5.41, 5.74) is -0.399. The summed E-state index contributed by atoms with van der Waals surface area (Å²) in [4.78, 5) is 14.2. The normalized spacial score (nSPS) is 24.6. The van der Waals surface area contributed by atoms with Crippen molar-refractivity contribution in [3.63, 3.8) is 0 Å². The zero-order valence-corrected chi connectivity index (χ0v) is 13.0. The summed E-state index contributed by atoms with van der Waals surface area (Å²) in [7, 11) is 0. The maximum absolute atomic E-state index is 12.3. The van der Waals surface area contributed by atoms with Crippen LogP contribution in [-0.2, 0) is 16.1 Å². The summed E-state index contributed by atoms with van der Waals surface area (Å²) >= 11 is 0. The van der Waals surface area contributed by atoms with Crippen LogP contribution in [0.4, 0.5) is 0 Å². The van der Waals surface area contributed by atoms with Crippen LogP contribution in [0.15, 0.2) is 18.5 Å². The van der Waals surface area contributed by atoms with Crippen molar-refractivity contribution < 1.29 is 14.6 Å². The second kappa shape index (κ2) is 6.79. The Morgan fingerprint density at radius 1 is 1.41 bits per heavy atom. The zero-order chi connectivity index (χ0) is 15.4. The lowest BCUT2D eigenvalue weighted by atomic mass is 9.82. The molecule has 1 amide bonds. The fourth-order valence-electron chi connectivity index (χ4n) is 3.51. The Hall–Kier alpha value is -1.40. The van der Waals surface area contributed by atoms with Gasteiger partial charge in [-0.2, -0.15) is 5.10 Å². The first kappa shape index (κ1) is 15.5. The van der Waals surface area contributed by atoms with Gasteiger partial charge in [0.15, 0.2) is 0 Å². The Kier molecular flexibility index (Phi) is 4.78. The summed E-state index contributed by atoms with van der Waals surface area (Å²) in [5, 5.41) is 14.4. The van der Waals surface area contributed by atoms with E-state index in [9.17, 15) is 9.90 Å². The van der Waals surface area contributed by atoms with Crippen LogP contribution in [0.5, 0.6) is 0 Å². The molecule has 22 heavy (non-hydrogen) atoms. The van der Waals surface area contributed by atoms with E-state index < -0.39 is 5.60 Å². The van der Waals surface area contributed by atoms with Crippen LogP contribution in [0.1, 0.15) is 38.5 Å². The molecule has 6 nitrogen and oxygen atoms in total. The topological polar surface area (TPSA) is 67.6 Å². The molecule has 3 heterocycles. The van der Waals surface area contributed by atoms with E-state index in [2.05, 4.69) is 5.10 Å². The van der Waals surface area contributed by atoms with Crippen molar-refractivity contribution in [1.29, 1.82) is 0 Å². The Morgan fingerprint density at radius 3 is 2.91 bits per heavy atom. The summed E-state index contributed by atoms with van der Waals surface area (Å²) in [6.07, 6.45) is 7.89. The summed E-state index contributed by atoms with van der Waals surface area (Å²) in [6, 6.07) is 1.89. The third kappa shape index (κ3) is 3.33. The van der Waals surface area contributed by atoms with Crippen molar-refractivity contribution in [2.75, 3.05) is 19.7 Å². The van der Waals surface area contributed by atoms with Crippen LogP contribution in [0.25, 0.3) is 0 Å². The highest BCUT2D eigenvalue weighted by atomic mass is 16.5. The summed E-state index contributed by atoms with van der Waals surface area (Å²) < 4.78 is 7.73. The minimum Gasteiger partial charge on any atom is -0.390 e. The van der Waals surface area contributed by atoms with Gasteiger partial charge in [0.25, 0.3) is 0 Å². The van der Waals surface area contributed by atoms with Gasteiger partial charge in [-0.15, -0.1) is 0 Å². The number of hydrogen-bond donors (Lipinski definition) is 1. The molecule has 1 atom stereocenters. The predicted molar refractivity (Wildman–Crippen MR) is 81.2 cm³/mol. The molecule has 122 valence electrons. The number of hydrogen-bond acceptors (Lipinski definition) is 4. The van der Waals surface area contributed by atoms with Gasteiger partial charge in [0, 0.05) is 45.1 Å². The van der Waals surface area contributed by atoms with Gasteiger partial charge in [0.05, 0.1) is 11.7 Å². The van der Waals surface area contributed by atoms with Gasteiger partial charge >= 0.3 is 0 Å². The van der Waals surface area contributed by atoms with E-state index in [1.165, 1.54) is 0 Å². The number of rotatable bonds is 4. The van der Waals surface area contributed by atoms with Gasteiger partial charge in [-0.25, -0.2) is 0 Å². The van der Waals surface area contributed by atoms with Crippen LogP contribution in [-0.4, -0.2) is 57.1 Å². The smallest absolute Gasteiger partial charge is 0.222 e. The first-order chi connectivity index (χ1) is 10.7. The van der Waals surface area contributed by atoms with Crippen LogP contribution < -0.4 is 0 Å². The molecular formula is C16H25N3O3. The van der Waals surface area contributed by atoms with Gasteiger partial charge < -0.3 is 14.7 Å². The highest BCUT2D eigenvalue weighted by Crippen LogP contribution is 2.35. The number of nitrogens with zero attached hydrogens (tertiary/aromatic N) is 3. The van der Waals surface area contributed by atoms with Gasteiger partial charge in [0.2, 0.25) is 5.91 Å². The second-order valence-corrected chi connectivity index (χ2v) is 6.32. The Morgan fingerprint density at radius 2 is 2.23 bits per heavy atom. The lowest BCUT2D eigenvalue weighted by Gasteiger charge is -2.46. The average Bonchev–Trinajstić information content (AvgIpc) is 3.04. The molecule has 2 aliphatic heterocycles. The van der Waals surface area contributed by atoms with Crippen molar-refractivity contribution in [3.8, 4) is 0 Å². The van der Waals surface area contributed by atoms with E-state index in [0.29, 0.717) is 19.5 Å². The van der Waals surface area contributed by atoms with Gasteiger partial charge in [0.1, 0.15) is 0 Å². The van der Waals surface area contributed by atoms with E-state index in [-0.39, 0.29) is 12.0 Å². The third-order valence-corrected chi connectivity index (χ3v) is 4.92.